The Morgan fingerprint density at radius 1 is 1.03 bits per heavy atom. The monoisotopic (exact) mass is 507 g/mol. The molecule has 0 bridgehead atoms. The van der Waals surface area contributed by atoms with Crippen LogP contribution in [0.1, 0.15) is 76.0 Å². The predicted molar refractivity (Wildman–Crippen MR) is 133 cm³/mol. The Labute approximate surface area is 201 Å². The molecule has 7 heteroatoms. The van der Waals surface area contributed by atoms with E-state index in [9.17, 15) is 9.59 Å². The Hall–Kier alpha value is -3.19. The van der Waals surface area contributed by atoms with Gasteiger partial charge in [-0.3, -0.25) is 9.59 Å². The number of furan rings is 1. The maximum atomic E-state index is 12.9. The van der Waals surface area contributed by atoms with Crippen molar-refractivity contribution in [1.29, 1.82) is 0 Å². The number of hydrazone groups is 1. The lowest BCUT2D eigenvalue weighted by Crippen LogP contribution is -2.22. The minimum atomic E-state index is -0.300. The molecule has 0 saturated carbocycles. The van der Waals surface area contributed by atoms with Crippen molar-refractivity contribution >= 4 is 39.1 Å². The quantitative estimate of drug-likeness (QED) is 0.403. The third kappa shape index (κ3) is 4.93. The SMILES string of the molecule is Cc1c(C(=O)Nc2ccc(C(C)C)cc2)oc2c1/C(=N/NC(=O)c1ccccc1Br)CCC2. The summed E-state index contributed by atoms with van der Waals surface area (Å²) in [5.74, 6) is 0.837. The summed E-state index contributed by atoms with van der Waals surface area (Å²) in [6.45, 7) is 6.12. The molecule has 0 fully saturated rings. The Balaban J connectivity index is 1.54. The van der Waals surface area contributed by atoms with Crippen LogP contribution in [0.4, 0.5) is 5.69 Å². The highest BCUT2D eigenvalue weighted by Crippen LogP contribution is 2.30. The fourth-order valence-electron chi connectivity index (χ4n) is 3.96. The minimum absolute atomic E-state index is 0.277. The predicted octanol–water partition coefficient (Wildman–Crippen LogP) is 6.20. The number of fused-ring (bicyclic) bond motifs is 1. The minimum Gasteiger partial charge on any atom is -0.455 e. The molecule has 0 radical (unpaired) electrons. The van der Waals surface area contributed by atoms with Crippen LogP contribution in [0.15, 0.2) is 62.5 Å². The normalized spacial score (nSPS) is 14.3. The van der Waals surface area contributed by atoms with E-state index in [0.29, 0.717) is 28.1 Å². The van der Waals surface area contributed by atoms with Crippen molar-refractivity contribution in [3.63, 3.8) is 0 Å². The first-order valence-corrected chi connectivity index (χ1v) is 11.8. The molecule has 1 aliphatic rings. The number of nitrogens with zero attached hydrogens (tertiary/aromatic N) is 1. The van der Waals surface area contributed by atoms with E-state index < -0.39 is 0 Å². The first kappa shape index (κ1) is 23.0. The van der Waals surface area contributed by atoms with Gasteiger partial charge >= 0.3 is 0 Å². The third-order valence-electron chi connectivity index (χ3n) is 5.78. The number of carbonyl (C=O) groups is 2. The summed E-state index contributed by atoms with van der Waals surface area (Å²) < 4.78 is 6.66. The fraction of sp³-hybridized carbons (Fsp3) is 0.269. The van der Waals surface area contributed by atoms with Crippen LogP contribution in [0.25, 0.3) is 0 Å². The van der Waals surface area contributed by atoms with E-state index in [1.807, 2.05) is 43.3 Å². The van der Waals surface area contributed by atoms with E-state index in [1.54, 1.807) is 12.1 Å². The molecule has 170 valence electrons. The van der Waals surface area contributed by atoms with Gasteiger partial charge in [-0.2, -0.15) is 5.10 Å². The number of aryl methyl sites for hydroxylation is 1. The Bertz CT molecular complexity index is 1230. The van der Waals surface area contributed by atoms with Gasteiger partial charge in [-0.15, -0.1) is 0 Å². The Kier molecular flexibility index (Phi) is 6.79. The van der Waals surface area contributed by atoms with Gasteiger partial charge in [-0.1, -0.05) is 38.1 Å². The van der Waals surface area contributed by atoms with Crippen LogP contribution in [-0.4, -0.2) is 17.5 Å². The molecular formula is C26H26BrN3O3. The number of hydrogen-bond donors (Lipinski definition) is 2. The van der Waals surface area contributed by atoms with Crippen molar-refractivity contribution in [1.82, 2.24) is 5.43 Å². The van der Waals surface area contributed by atoms with Crippen LogP contribution in [0, 0.1) is 6.92 Å². The van der Waals surface area contributed by atoms with Crippen molar-refractivity contribution in [3.05, 3.63) is 86.8 Å². The zero-order valence-electron chi connectivity index (χ0n) is 18.9. The van der Waals surface area contributed by atoms with Crippen molar-refractivity contribution in [2.45, 2.75) is 46.0 Å². The molecular weight excluding hydrogens is 482 g/mol. The topological polar surface area (TPSA) is 83.7 Å². The largest absolute Gasteiger partial charge is 0.455 e. The van der Waals surface area contributed by atoms with E-state index in [1.165, 1.54) is 5.56 Å². The molecule has 0 saturated heterocycles. The molecule has 0 atom stereocenters. The standard InChI is InChI=1S/C26H26BrN3O3/c1-15(2)17-11-13-18(14-12-17)28-26(32)24-16(3)23-21(9-6-10-22(23)33-24)29-30-25(31)19-7-4-5-8-20(19)27/h4-5,7-8,11-15H,6,9-10H2,1-3H3,(H,28,32)(H,30,31)/b29-21+. The zero-order chi connectivity index (χ0) is 23.5. The molecule has 2 N–H and O–H groups in total. The second-order valence-corrected chi connectivity index (χ2v) is 9.27. The average molecular weight is 508 g/mol. The third-order valence-corrected chi connectivity index (χ3v) is 6.47. The number of anilines is 1. The van der Waals surface area contributed by atoms with Crippen molar-refractivity contribution in [2.75, 3.05) is 5.32 Å². The van der Waals surface area contributed by atoms with Crippen LogP contribution in [-0.2, 0) is 6.42 Å². The first-order chi connectivity index (χ1) is 15.8. The highest BCUT2D eigenvalue weighted by Gasteiger charge is 2.28. The number of rotatable bonds is 5. The van der Waals surface area contributed by atoms with Crippen LogP contribution in [0.5, 0.6) is 0 Å². The lowest BCUT2D eigenvalue weighted by Gasteiger charge is -2.13. The summed E-state index contributed by atoms with van der Waals surface area (Å²) >= 11 is 3.39. The first-order valence-electron chi connectivity index (χ1n) is 11.0. The highest BCUT2D eigenvalue weighted by molar-refractivity contribution is 9.10. The Morgan fingerprint density at radius 2 is 1.76 bits per heavy atom. The van der Waals surface area contributed by atoms with Crippen molar-refractivity contribution < 1.29 is 14.0 Å². The van der Waals surface area contributed by atoms with Crippen LogP contribution < -0.4 is 10.7 Å². The molecule has 0 unspecified atom stereocenters. The number of halogens is 1. The number of amides is 2. The van der Waals surface area contributed by atoms with Gasteiger partial charge in [0.2, 0.25) is 0 Å². The molecule has 0 aliphatic heterocycles. The van der Waals surface area contributed by atoms with E-state index in [4.69, 9.17) is 4.42 Å². The zero-order valence-corrected chi connectivity index (χ0v) is 20.5. The van der Waals surface area contributed by atoms with Gasteiger partial charge in [0.05, 0.1) is 11.3 Å². The van der Waals surface area contributed by atoms with Gasteiger partial charge in [0.1, 0.15) is 5.76 Å². The molecule has 3 aromatic rings. The van der Waals surface area contributed by atoms with Crippen molar-refractivity contribution in [2.24, 2.45) is 5.10 Å². The van der Waals surface area contributed by atoms with E-state index in [0.717, 1.165) is 35.4 Å². The number of hydrogen-bond acceptors (Lipinski definition) is 4. The summed E-state index contributed by atoms with van der Waals surface area (Å²) in [4.78, 5) is 25.5. The van der Waals surface area contributed by atoms with Gasteiger partial charge in [0.25, 0.3) is 11.8 Å². The van der Waals surface area contributed by atoms with Gasteiger partial charge in [-0.25, -0.2) is 5.43 Å². The molecule has 1 heterocycles. The van der Waals surface area contributed by atoms with E-state index in [-0.39, 0.29) is 17.6 Å². The van der Waals surface area contributed by atoms with E-state index in [2.05, 4.69) is 45.6 Å². The number of carbonyl (C=O) groups excluding carboxylic acids is 2. The highest BCUT2D eigenvalue weighted by atomic mass is 79.9. The van der Waals surface area contributed by atoms with Gasteiger partial charge in [0, 0.05) is 27.7 Å². The fourth-order valence-corrected chi connectivity index (χ4v) is 4.42. The second kappa shape index (κ2) is 9.75. The van der Waals surface area contributed by atoms with Crippen LogP contribution >= 0.6 is 15.9 Å². The molecule has 1 aromatic heterocycles. The van der Waals surface area contributed by atoms with Gasteiger partial charge in [-0.05, 0) is 71.4 Å². The van der Waals surface area contributed by atoms with Gasteiger partial charge < -0.3 is 9.73 Å². The molecule has 33 heavy (non-hydrogen) atoms. The van der Waals surface area contributed by atoms with Crippen molar-refractivity contribution in [3.8, 4) is 0 Å². The number of benzene rings is 2. The summed E-state index contributed by atoms with van der Waals surface area (Å²) in [7, 11) is 0. The number of nitrogens with one attached hydrogen (secondary N) is 2. The average Bonchev–Trinajstić information content (AvgIpc) is 3.15. The van der Waals surface area contributed by atoms with Crippen LogP contribution in [0.3, 0.4) is 0 Å². The summed E-state index contributed by atoms with van der Waals surface area (Å²) in [5.41, 5.74) is 7.34. The Morgan fingerprint density at radius 3 is 2.45 bits per heavy atom. The van der Waals surface area contributed by atoms with E-state index >= 15 is 0 Å². The molecule has 2 aromatic carbocycles. The molecule has 2 amide bonds. The molecule has 4 rings (SSSR count). The summed E-state index contributed by atoms with van der Waals surface area (Å²) in [5, 5.41) is 7.31. The van der Waals surface area contributed by atoms with Gasteiger partial charge in [0.15, 0.2) is 5.76 Å². The lowest BCUT2D eigenvalue weighted by atomic mass is 9.93. The summed E-state index contributed by atoms with van der Waals surface area (Å²) in [6.07, 6.45) is 2.26. The molecule has 0 spiro atoms. The lowest BCUT2D eigenvalue weighted by molar-refractivity contribution is 0.0952. The smallest absolute Gasteiger partial charge is 0.291 e. The summed E-state index contributed by atoms with van der Waals surface area (Å²) in [6, 6.07) is 15.0. The molecule has 1 aliphatic carbocycles. The maximum Gasteiger partial charge on any atom is 0.291 e. The second-order valence-electron chi connectivity index (χ2n) is 8.42. The maximum absolute atomic E-state index is 12.9. The van der Waals surface area contributed by atoms with Crippen LogP contribution in [0.2, 0.25) is 0 Å². The molecule has 6 nitrogen and oxygen atoms in total.